The Balaban J connectivity index is 3.13. The summed E-state index contributed by atoms with van der Waals surface area (Å²) in [6, 6.07) is 0. The summed E-state index contributed by atoms with van der Waals surface area (Å²) < 4.78 is 5.06. The van der Waals surface area contributed by atoms with Gasteiger partial charge in [0.05, 0.1) is 6.10 Å². The van der Waals surface area contributed by atoms with Crippen LogP contribution in [0.4, 0.5) is 0 Å². The average Bonchev–Trinajstić information content (AvgIpc) is 2.15. The first-order valence-electron chi connectivity index (χ1n) is 6.34. The molecule has 0 aliphatic rings. The maximum Gasteiger partial charge on any atom is 0.302 e. The van der Waals surface area contributed by atoms with Crippen molar-refractivity contribution in [1.29, 1.82) is 0 Å². The second kappa shape index (κ2) is 10.0. The van der Waals surface area contributed by atoms with Crippen LogP contribution in [0, 0.1) is 0 Å². The molecule has 90 valence electrons. The van der Waals surface area contributed by atoms with Crippen molar-refractivity contribution in [2.24, 2.45) is 0 Å². The van der Waals surface area contributed by atoms with Gasteiger partial charge in [-0.25, -0.2) is 0 Å². The molecule has 0 aromatic heterocycles. The van der Waals surface area contributed by atoms with Crippen LogP contribution < -0.4 is 0 Å². The van der Waals surface area contributed by atoms with Gasteiger partial charge >= 0.3 is 5.97 Å². The fraction of sp³-hybridized carbons (Fsp3) is 0.923. The molecule has 0 spiro atoms. The van der Waals surface area contributed by atoms with Crippen LogP contribution in [0.2, 0.25) is 0 Å². The Kier molecular flexibility index (Phi) is 9.65. The van der Waals surface area contributed by atoms with E-state index in [9.17, 15) is 4.79 Å². The van der Waals surface area contributed by atoms with E-state index in [1.54, 1.807) is 0 Å². The van der Waals surface area contributed by atoms with Crippen molar-refractivity contribution < 1.29 is 9.53 Å². The van der Waals surface area contributed by atoms with Crippen LogP contribution in [0.25, 0.3) is 0 Å². The molecule has 0 fully saturated rings. The van der Waals surface area contributed by atoms with Gasteiger partial charge in [0.25, 0.3) is 0 Å². The van der Waals surface area contributed by atoms with Crippen molar-refractivity contribution in [3.63, 3.8) is 0 Å². The Morgan fingerprint density at radius 3 is 2.13 bits per heavy atom. The zero-order chi connectivity index (χ0) is 11.5. The zero-order valence-electron chi connectivity index (χ0n) is 10.6. The van der Waals surface area contributed by atoms with Gasteiger partial charge in [0, 0.05) is 6.92 Å². The summed E-state index contributed by atoms with van der Waals surface area (Å²) in [7, 11) is 0. The molecule has 0 rings (SSSR count). The summed E-state index contributed by atoms with van der Waals surface area (Å²) in [5, 5.41) is 0. The largest absolute Gasteiger partial charge is 0.463 e. The summed E-state index contributed by atoms with van der Waals surface area (Å²) in [5.74, 6) is -0.162. The van der Waals surface area contributed by atoms with Crippen molar-refractivity contribution in [3.8, 4) is 0 Å². The highest BCUT2D eigenvalue weighted by Gasteiger charge is 2.04. The predicted molar refractivity (Wildman–Crippen MR) is 63.8 cm³/mol. The summed E-state index contributed by atoms with van der Waals surface area (Å²) in [6.45, 7) is 5.68. The maximum absolute atomic E-state index is 10.6. The van der Waals surface area contributed by atoms with E-state index in [0.29, 0.717) is 0 Å². The Morgan fingerprint density at radius 2 is 1.60 bits per heavy atom. The number of unbranched alkanes of at least 4 members (excludes halogenated alkanes) is 6. The van der Waals surface area contributed by atoms with Crippen molar-refractivity contribution in [2.75, 3.05) is 0 Å². The van der Waals surface area contributed by atoms with Gasteiger partial charge < -0.3 is 4.74 Å². The monoisotopic (exact) mass is 214 g/mol. The normalized spacial score (nSPS) is 12.5. The minimum atomic E-state index is -0.162. The summed E-state index contributed by atoms with van der Waals surface area (Å²) in [4.78, 5) is 10.6. The SMILES string of the molecule is CCCCCCCCCC(C)OC(C)=O. The lowest BCUT2D eigenvalue weighted by molar-refractivity contribution is -0.145. The third-order valence-electron chi connectivity index (χ3n) is 2.58. The number of esters is 1. The van der Waals surface area contributed by atoms with Crippen LogP contribution in [0.15, 0.2) is 0 Å². The molecule has 0 aromatic carbocycles. The smallest absolute Gasteiger partial charge is 0.302 e. The molecule has 1 unspecified atom stereocenters. The second-order valence-corrected chi connectivity index (χ2v) is 4.33. The van der Waals surface area contributed by atoms with Gasteiger partial charge in [0.2, 0.25) is 0 Å². The van der Waals surface area contributed by atoms with Crippen LogP contribution in [0.5, 0.6) is 0 Å². The number of ether oxygens (including phenoxy) is 1. The van der Waals surface area contributed by atoms with Gasteiger partial charge in [0.15, 0.2) is 0 Å². The van der Waals surface area contributed by atoms with Crippen LogP contribution in [-0.2, 0) is 9.53 Å². The second-order valence-electron chi connectivity index (χ2n) is 4.33. The molecule has 0 aliphatic carbocycles. The highest BCUT2D eigenvalue weighted by Crippen LogP contribution is 2.10. The fourth-order valence-corrected chi connectivity index (χ4v) is 1.73. The van der Waals surface area contributed by atoms with E-state index in [1.165, 1.54) is 51.9 Å². The predicted octanol–water partition coefficient (Wildman–Crippen LogP) is 4.08. The highest BCUT2D eigenvalue weighted by atomic mass is 16.5. The minimum Gasteiger partial charge on any atom is -0.463 e. The van der Waals surface area contributed by atoms with E-state index in [0.717, 1.165) is 6.42 Å². The van der Waals surface area contributed by atoms with Gasteiger partial charge in [-0.1, -0.05) is 45.4 Å². The average molecular weight is 214 g/mol. The number of hydrogen-bond donors (Lipinski definition) is 0. The fourth-order valence-electron chi connectivity index (χ4n) is 1.73. The van der Waals surface area contributed by atoms with Crippen molar-refractivity contribution in [2.45, 2.75) is 78.2 Å². The molecule has 15 heavy (non-hydrogen) atoms. The Labute approximate surface area is 94.4 Å². The minimum absolute atomic E-state index is 0.0955. The molecular formula is C13H26O2. The maximum atomic E-state index is 10.6. The molecule has 0 amide bonds. The van der Waals surface area contributed by atoms with Crippen molar-refractivity contribution >= 4 is 5.97 Å². The van der Waals surface area contributed by atoms with Gasteiger partial charge in [-0.2, -0.15) is 0 Å². The lowest BCUT2D eigenvalue weighted by Gasteiger charge is -2.10. The molecule has 0 radical (unpaired) electrons. The van der Waals surface area contributed by atoms with Crippen molar-refractivity contribution in [1.82, 2.24) is 0 Å². The molecule has 1 atom stereocenters. The summed E-state index contributed by atoms with van der Waals surface area (Å²) >= 11 is 0. The van der Waals surface area contributed by atoms with Crippen LogP contribution in [-0.4, -0.2) is 12.1 Å². The third kappa shape index (κ3) is 11.4. The number of carbonyl (C=O) groups excluding carboxylic acids is 1. The number of rotatable bonds is 9. The lowest BCUT2D eigenvalue weighted by Crippen LogP contribution is -2.11. The van der Waals surface area contributed by atoms with Crippen LogP contribution in [0.1, 0.15) is 72.1 Å². The summed E-state index contributed by atoms with van der Waals surface area (Å²) in [5.41, 5.74) is 0. The van der Waals surface area contributed by atoms with E-state index in [4.69, 9.17) is 4.74 Å². The number of carbonyl (C=O) groups is 1. The van der Waals surface area contributed by atoms with E-state index in [2.05, 4.69) is 6.92 Å². The van der Waals surface area contributed by atoms with Gasteiger partial charge in [-0.05, 0) is 19.8 Å². The van der Waals surface area contributed by atoms with E-state index in [-0.39, 0.29) is 12.1 Å². The first-order valence-corrected chi connectivity index (χ1v) is 6.34. The molecule has 0 heterocycles. The quantitative estimate of drug-likeness (QED) is 0.427. The Hall–Kier alpha value is -0.530. The van der Waals surface area contributed by atoms with E-state index >= 15 is 0 Å². The first kappa shape index (κ1) is 14.5. The topological polar surface area (TPSA) is 26.3 Å². The van der Waals surface area contributed by atoms with Crippen LogP contribution in [0.3, 0.4) is 0 Å². The molecule has 2 nitrogen and oxygen atoms in total. The van der Waals surface area contributed by atoms with Gasteiger partial charge in [0.1, 0.15) is 0 Å². The molecule has 0 bridgehead atoms. The molecule has 0 aromatic rings. The summed E-state index contributed by atoms with van der Waals surface area (Å²) in [6.07, 6.45) is 10.3. The molecule has 0 N–H and O–H groups in total. The Bertz CT molecular complexity index is 155. The Morgan fingerprint density at radius 1 is 1.07 bits per heavy atom. The van der Waals surface area contributed by atoms with E-state index in [1.807, 2.05) is 6.92 Å². The first-order chi connectivity index (χ1) is 7.16. The third-order valence-corrected chi connectivity index (χ3v) is 2.58. The molecule has 2 heteroatoms. The molecule has 0 saturated heterocycles. The van der Waals surface area contributed by atoms with Crippen LogP contribution >= 0.6 is 0 Å². The van der Waals surface area contributed by atoms with Gasteiger partial charge in [-0.3, -0.25) is 4.79 Å². The molecular weight excluding hydrogens is 188 g/mol. The molecule has 0 saturated carbocycles. The van der Waals surface area contributed by atoms with Crippen molar-refractivity contribution in [3.05, 3.63) is 0 Å². The lowest BCUT2D eigenvalue weighted by atomic mass is 10.1. The zero-order valence-corrected chi connectivity index (χ0v) is 10.6. The number of hydrogen-bond acceptors (Lipinski definition) is 2. The van der Waals surface area contributed by atoms with Gasteiger partial charge in [-0.15, -0.1) is 0 Å². The molecule has 0 aliphatic heterocycles. The van der Waals surface area contributed by atoms with E-state index < -0.39 is 0 Å². The highest BCUT2D eigenvalue weighted by molar-refractivity contribution is 5.66. The standard InChI is InChI=1S/C13H26O2/c1-4-5-6-7-8-9-10-11-12(2)15-13(3)14/h12H,4-11H2,1-3H3.